The van der Waals surface area contributed by atoms with E-state index in [1.807, 2.05) is 0 Å². The summed E-state index contributed by atoms with van der Waals surface area (Å²) in [7, 11) is 0. The highest BCUT2D eigenvalue weighted by Crippen LogP contribution is 2.27. The number of ether oxygens (including phenoxy) is 1. The van der Waals surface area contributed by atoms with Crippen molar-refractivity contribution < 1.29 is 18.3 Å². The van der Waals surface area contributed by atoms with Gasteiger partial charge < -0.3 is 4.74 Å². The number of benzene rings is 2. The molecule has 0 bridgehead atoms. The summed E-state index contributed by atoms with van der Waals surface area (Å²) in [6.07, 6.45) is 0. The molecule has 2 nitrogen and oxygen atoms in total. The van der Waals surface area contributed by atoms with Crippen molar-refractivity contribution in [2.45, 2.75) is 0 Å². The van der Waals surface area contributed by atoms with Crippen molar-refractivity contribution in [1.29, 1.82) is 0 Å². The van der Waals surface area contributed by atoms with Crippen LogP contribution in [0, 0.1) is 11.6 Å². The van der Waals surface area contributed by atoms with Crippen molar-refractivity contribution in [3.63, 3.8) is 0 Å². The summed E-state index contributed by atoms with van der Waals surface area (Å²) in [5, 5.41) is 0.648. The average Bonchev–Trinajstić information content (AvgIpc) is 2.40. The van der Waals surface area contributed by atoms with Gasteiger partial charge >= 0.3 is 0 Å². The quantitative estimate of drug-likeness (QED) is 0.774. The van der Waals surface area contributed by atoms with Crippen LogP contribution in [0.1, 0.15) is 10.4 Å². The first-order valence-corrected chi connectivity index (χ1v) is 6.29. The highest BCUT2D eigenvalue weighted by atomic mass is 35.5. The Morgan fingerprint density at radius 1 is 1.10 bits per heavy atom. The molecule has 20 heavy (non-hydrogen) atoms. The van der Waals surface area contributed by atoms with Gasteiger partial charge in [-0.2, -0.15) is 0 Å². The number of halogens is 4. The summed E-state index contributed by atoms with van der Waals surface area (Å²) in [5.41, 5.74) is -0.366. The van der Waals surface area contributed by atoms with Gasteiger partial charge in [-0.15, -0.1) is 0 Å². The van der Waals surface area contributed by atoms with Crippen LogP contribution in [0.2, 0.25) is 10.0 Å². The Labute approximate surface area is 123 Å². The van der Waals surface area contributed by atoms with Crippen LogP contribution in [-0.2, 0) is 0 Å². The Balaban J connectivity index is 2.10. The molecule has 0 atom stereocenters. The normalized spacial score (nSPS) is 10.4. The van der Waals surface area contributed by atoms with Gasteiger partial charge in [0.25, 0.3) is 0 Å². The van der Waals surface area contributed by atoms with Crippen LogP contribution in [0.25, 0.3) is 0 Å². The maximum Gasteiger partial charge on any atom is 0.203 e. The van der Waals surface area contributed by atoms with Gasteiger partial charge in [0.05, 0.1) is 10.6 Å². The van der Waals surface area contributed by atoms with Crippen LogP contribution in [0.4, 0.5) is 8.78 Å². The lowest BCUT2D eigenvalue weighted by molar-refractivity contribution is 0.0917. The molecule has 0 aliphatic carbocycles. The maximum atomic E-state index is 13.4. The minimum Gasteiger partial charge on any atom is -0.484 e. The Morgan fingerprint density at radius 3 is 2.55 bits per heavy atom. The Kier molecular flexibility index (Phi) is 4.57. The molecule has 0 spiro atoms. The highest BCUT2D eigenvalue weighted by molar-refractivity contribution is 6.35. The number of hydrogen-bond acceptors (Lipinski definition) is 2. The molecule has 0 amide bonds. The number of hydrogen-bond donors (Lipinski definition) is 0. The predicted octanol–water partition coefficient (Wildman–Crippen LogP) is 4.53. The SMILES string of the molecule is O=C(COc1ccc(Cl)cc1Cl)c1cc(F)ccc1F. The van der Waals surface area contributed by atoms with E-state index >= 15 is 0 Å². The lowest BCUT2D eigenvalue weighted by Crippen LogP contribution is -2.13. The Hall–Kier alpha value is -1.65. The predicted molar refractivity (Wildman–Crippen MR) is 72.6 cm³/mol. The maximum absolute atomic E-state index is 13.4. The van der Waals surface area contributed by atoms with E-state index < -0.39 is 24.0 Å². The van der Waals surface area contributed by atoms with E-state index in [2.05, 4.69) is 0 Å². The molecule has 0 aromatic heterocycles. The minimum absolute atomic E-state index is 0.227. The summed E-state index contributed by atoms with van der Waals surface area (Å²) >= 11 is 11.6. The Morgan fingerprint density at radius 2 is 1.85 bits per heavy atom. The molecule has 0 unspecified atom stereocenters. The molecule has 0 N–H and O–H groups in total. The first kappa shape index (κ1) is 14.8. The molecule has 6 heteroatoms. The summed E-state index contributed by atoms with van der Waals surface area (Å²) in [5.74, 6) is -1.95. The first-order valence-electron chi connectivity index (χ1n) is 5.53. The first-order chi connectivity index (χ1) is 9.47. The van der Waals surface area contributed by atoms with Gasteiger partial charge in [0, 0.05) is 5.02 Å². The van der Waals surface area contributed by atoms with Gasteiger partial charge in [-0.1, -0.05) is 23.2 Å². The number of carbonyl (C=O) groups excluding carboxylic acids is 1. The summed E-state index contributed by atoms with van der Waals surface area (Å²) in [6.45, 7) is -0.457. The van der Waals surface area contributed by atoms with E-state index in [0.717, 1.165) is 18.2 Å². The zero-order chi connectivity index (χ0) is 14.7. The monoisotopic (exact) mass is 316 g/mol. The van der Waals surface area contributed by atoms with Gasteiger partial charge in [0.1, 0.15) is 17.4 Å². The molecular weight excluding hydrogens is 309 g/mol. The molecule has 0 saturated heterocycles. The minimum atomic E-state index is -0.804. The largest absolute Gasteiger partial charge is 0.484 e. The second kappa shape index (κ2) is 6.20. The summed E-state index contributed by atoms with van der Waals surface area (Å²) in [6, 6.07) is 7.12. The molecule has 0 radical (unpaired) electrons. The smallest absolute Gasteiger partial charge is 0.203 e. The van der Waals surface area contributed by atoms with Gasteiger partial charge in [0.15, 0.2) is 6.61 Å². The van der Waals surface area contributed by atoms with Crippen LogP contribution < -0.4 is 4.74 Å². The molecular formula is C14H8Cl2F2O2. The number of ketones is 1. The van der Waals surface area contributed by atoms with E-state index in [4.69, 9.17) is 27.9 Å². The number of carbonyl (C=O) groups is 1. The zero-order valence-corrected chi connectivity index (χ0v) is 11.5. The molecule has 2 rings (SSSR count). The molecule has 0 heterocycles. The lowest BCUT2D eigenvalue weighted by Gasteiger charge is -2.08. The van der Waals surface area contributed by atoms with Crippen molar-refractivity contribution in [1.82, 2.24) is 0 Å². The number of Topliss-reactive ketones (excluding diaryl/α,β-unsaturated/α-hetero) is 1. The van der Waals surface area contributed by atoms with Crippen molar-refractivity contribution in [3.05, 3.63) is 63.6 Å². The third-order valence-electron chi connectivity index (χ3n) is 2.48. The van der Waals surface area contributed by atoms with Crippen LogP contribution in [0.15, 0.2) is 36.4 Å². The summed E-state index contributed by atoms with van der Waals surface area (Å²) < 4.78 is 31.5. The van der Waals surface area contributed by atoms with Gasteiger partial charge in [-0.05, 0) is 36.4 Å². The fourth-order valence-electron chi connectivity index (χ4n) is 1.52. The van der Waals surface area contributed by atoms with Crippen LogP contribution in [-0.4, -0.2) is 12.4 Å². The third kappa shape index (κ3) is 3.46. The van der Waals surface area contributed by atoms with Crippen molar-refractivity contribution >= 4 is 29.0 Å². The topological polar surface area (TPSA) is 26.3 Å². The van der Waals surface area contributed by atoms with Gasteiger partial charge in [-0.25, -0.2) is 8.78 Å². The molecule has 0 aliphatic heterocycles. The highest BCUT2D eigenvalue weighted by Gasteiger charge is 2.14. The van der Waals surface area contributed by atoms with Crippen LogP contribution in [0.5, 0.6) is 5.75 Å². The molecule has 0 fully saturated rings. The van der Waals surface area contributed by atoms with E-state index in [9.17, 15) is 13.6 Å². The van der Waals surface area contributed by atoms with Crippen molar-refractivity contribution in [2.75, 3.05) is 6.61 Å². The summed E-state index contributed by atoms with van der Waals surface area (Å²) in [4.78, 5) is 11.8. The van der Waals surface area contributed by atoms with Crippen molar-refractivity contribution in [2.24, 2.45) is 0 Å². The molecule has 2 aromatic rings. The standard InChI is InChI=1S/C14H8Cl2F2O2/c15-8-1-4-14(11(16)5-8)20-7-13(19)10-6-9(17)2-3-12(10)18/h1-6H,7H2. The third-order valence-corrected chi connectivity index (χ3v) is 3.01. The molecule has 104 valence electrons. The van der Waals surface area contributed by atoms with Gasteiger partial charge in [-0.3, -0.25) is 4.79 Å². The number of rotatable bonds is 4. The fourth-order valence-corrected chi connectivity index (χ4v) is 1.99. The molecule has 0 aliphatic rings. The Bertz CT molecular complexity index is 660. The van der Waals surface area contributed by atoms with Crippen LogP contribution in [0.3, 0.4) is 0 Å². The lowest BCUT2D eigenvalue weighted by atomic mass is 10.1. The fraction of sp³-hybridized carbons (Fsp3) is 0.0714. The van der Waals surface area contributed by atoms with E-state index in [-0.39, 0.29) is 16.3 Å². The van der Waals surface area contributed by atoms with Crippen molar-refractivity contribution in [3.8, 4) is 5.75 Å². The zero-order valence-electron chi connectivity index (χ0n) is 10.00. The van der Waals surface area contributed by atoms with E-state index in [0.29, 0.717) is 5.02 Å². The van der Waals surface area contributed by atoms with E-state index in [1.165, 1.54) is 18.2 Å². The van der Waals surface area contributed by atoms with E-state index in [1.54, 1.807) is 0 Å². The second-order valence-electron chi connectivity index (χ2n) is 3.91. The average molecular weight is 317 g/mol. The van der Waals surface area contributed by atoms with Crippen LogP contribution >= 0.6 is 23.2 Å². The van der Waals surface area contributed by atoms with Gasteiger partial charge in [0.2, 0.25) is 5.78 Å². The second-order valence-corrected chi connectivity index (χ2v) is 4.75. The molecule has 2 aromatic carbocycles. The molecule has 0 saturated carbocycles.